The Labute approximate surface area is 189 Å². The van der Waals surface area contributed by atoms with Crippen molar-refractivity contribution in [1.82, 2.24) is 0 Å². The summed E-state index contributed by atoms with van der Waals surface area (Å²) in [6.07, 6.45) is -0.321. The molecule has 1 aliphatic rings. The van der Waals surface area contributed by atoms with E-state index >= 15 is 0 Å². The van der Waals surface area contributed by atoms with Crippen molar-refractivity contribution in [1.29, 1.82) is 0 Å². The molecule has 5 heteroatoms. The van der Waals surface area contributed by atoms with Crippen LogP contribution in [0.5, 0.6) is 11.5 Å². The number of hydrogen-bond donors (Lipinski definition) is 1. The molecule has 3 atom stereocenters. The summed E-state index contributed by atoms with van der Waals surface area (Å²) in [7, 11) is 3.30. The lowest BCUT2D eigenvalue weighted by Gasteiger charge is -2.37. The van der Waals surface area contributed by atoms with Gasteiger partial charge in [-0.3, -0.25) is 0 Å². The van der Waals surface area contributed by atoms with Gasteiger partial charge in [-0.25, -0.2) is 0 Å². The molecular weight excluding hydrogens is 404 g/mol. The molecule has 0 spiro atoms. The van der Waals surface area contributed by atoms with E-state index in [2.05, 4.69) is 12.1 Å². The molecule has 1 N–H and O–H groups in total. The lowest BCUT2D eigenvalue weighted by atomic mass is 9.80. The lowest BCUT2D eigenvalue weighted by molar-refractivity contribution is -0.0799. The fourth-order valence-corrected chi connectivity index (χ4v) is 4.37. The highest BCUT2D eigenvalue weighted by molar-refractivity contribution is 5.49. The molecule has 0 radical (unpaired) electrons. The quantitative estimate of drug-likeness (QED) is 0.527. The van der Waals surface area contributed by atoms with Gasteiger partial charge in [-0.2, -0.15) is 0 Å². The summed E-state index contributed by atoms with van der Waals surface area (Å²) in [5.41, 5.74) is 1.98. The van der Waals surface area contributed by atoms with Crippen molar-refractivity contribution in [3.05, 3.63) is 95.6 Å². The van der Waals surface area contributed by atoms with Gasteiger partial charge in [0, 0.05) is 6.42 Å². The van der Waals surface area contributed by atoms with Gasteiger partial charge in [0.2, 0.25) is 0 Å². The normalized spacial score (nSPS) is 20.8. The maximum absolute atomic E-state index is 10.5. The predicted octanol–water partition coefficient (Wildman–Crippen LogP) is 4.55. The van der Waals surface area contributed by atoms with Crippen LogP contribution in [0.3, 0.4) is 0 Å². The van der Waals surface area contributed by atoms with Gasteiger partial charge >= 0.3 is 0 Å². The van der Waals surface area contributed by atoms with Crippen LogP contribution in [-0.2, 0) is 15.1 Å². The van der Waals surface area contributed by atoms with E-state index in [4.69, 9.17) is 18.9 Å². The molecule has 0 amide bonds. The Kier molecular flexibility index (Phi) is 6.80. The van der Waals surface area contributed by atoms with Crippen molar-refractivity contribution in [2.75, 3.05) is 20.8 Å². The highest BCUT2D eigenvalue weighted by Gasteiger charge is 2.40. The third-order valence-electron chi connectivity index (χ3n) is 6.05. The minimum atomic E-state index is -0.908. The monoisotopic (exact) mass is 434 g/mol. The third-order valence-corrected chi connectivity index (χ3v) is 6.05. The molecule has 1 heterocycles. The SMILES string of the molecule is COc1ccc(C(OC[C@H]2O[C@@H](C)C[C@@H]2O)(c2ccccc2)c2ccc(OC)cc2)cc1. The van der Waals surface area contributed by atoms with Crippen LogP contribution in [0.2, 0.25) is 0 Å². The third kappa shape index (κ3) is 4.37. The van der Waals surface area contributed by atoms with Gasteiger partial charge in [0.1, 0.15) is 23.2 Å². The summed E-state index contributed by atoms with van der Waals surface area (Å²) < 4.78 is 23.5. The molecule has 1 fully saturated rings. The molecule has 32 heavy (non-hydrogen) atoms. The number of aliphatic hydroxyl groups excluding tert-OH is 1. The number of methoxy groups -OCH3 is 2. The Bertz CT molecular complexity index is 937. The smallest absolute Gasteiger partial charge is 0.143 e. The van der Waals surface area contributed by atoms with Crippen LogP contribution in [0.25, 0.3) is 0 Å². The molecule has 168 valence electrons. The Balaban J connectivity index is 1.84. The molecule has 0 saturated carbocycles. The minimum Gasteiger partial charge on any atom is -0.497 e. The standard InChI is InChI=1S/C27H30O5/c1-19-17-25(28)26(32-19)18-31-27(20-7-5-4-6-8-20,21-9-13-23(29-2)14-10-21)22-11-15-24(30-3)16-12-22/h4-16,19,25-26,28H,17-18H2,1-3H3/t19-,25-,26+/m0/s1. The summed E-state index contributed by atoms with van der Waals surface area (Å²) in [4.78, 5) is 0. The van der Waals surface area contributed by atoms with Gasteiger partial charge in [-0.15, -0.1) is 0 Å². The van der Waals surface area contributed by atoms with E-state index in [1.54, 1.807) is 14.2 Å². The van der Waals surface area contributed by atoms with Crippen molar-refractivity contribution in [2.45, 2.75) is 37.3 Å². The zero-order chi connectivity index (χ0) is 22.6. The molecule has 4 rings (SSSR count). The van der Waals surface area contributed by atoms with Crippen molar-refractivity contribution in [3.63, 3.8) is 0 Å². The van der Waals surface area contributed by atoms with E-state index in [1.807, 2.05) is 73.7 Å². The number of hydrogen-bond acceptors (Lipinski definition) is 5. The van der Waals surface area contributed by atoms with Gasteiger partial charge in [-0.1, -0.05) is 54.6 Å². The summed E-state index contributed by atoms with van der Waals surface area (Å²) in [5, 5.41) is 10.5. The highest BCUT2D eigenvalue weighted by Crippen LogP contribution is 2.42. The average Bonchev–Trinajstić information content (AvgIpc) is 3.17. The van der Waals surface area contributed by atoms with Crippen LogP contribution in [0.15, 0.2) is 78.9 Å². The van der Waals surface area contributed by atoms with E-state index in [9.17, 15) is 5.11 Å². The minimum absolute atomic E-state index is 0.00620. The molecule has 0 aliphatic carbocycles. The van der Waals surface area contributed by atoms with Crippen LogP contribution in [-0.4, -0.2) is 44.2 Å². The summed E-state index contributed by atoms with van der Waals surface area (Å²) in [6.45, 7) is 2.22. The molecule has 0 bridgehead atoms. The fourth-order valence-electron chi connectivity index (χ4n) is 4.37. The van der Waals surface area contributed by atoms with E-state index in [0.717, 1.165) is 28.2 Å². The zero-order valence-electron chi connectivity index (χ0n) is 18.7. The largest absolute Gasteiger partial charge is 0.497 e. The van der Waals surface area contributed by atoms with E-state index in [1.165, 1.54) is 0 Å². The Hall–Kier alpha value is -2.86. The number of ether oxygens (including phenoxy) is 4. The van der Waals surface area contributed by atoms with Crippen LogP contribution in [0, 0.1) is 0 Å². The number of benzene rings is 3. The number of aliphatic hydroxyl groups is 1. The second kappa shape index (κ2) is 9.74. The van der Waals surface area contributed by atoms with E-state index in [-0.39, 0.29) is 18.8 Å². The Morgan fingerprint density at radius 1 is 0.812 bits per heavy atom. The first-order valence-electron chi connectivity index (χ1n) is 10.9. The van der Waals surface area contributed by atoms with Crippen molar-refractivity contribution in [3.8, 4) is 11.5 Å². The second-order valence-corrected chi connectivity index (χ2v) is 8.10. The van der Waals surface area contributed by atoms with Gasteiger partial charge in [0.05, 0.1) is 33.0 Å². The van der Waals surface area contributed by atoms with Crippen LogP contribution in [0.1, 0.15) is 30.0 Å². The molecular formula is C27H30O5. The predicted molar refractivity (Wildman–Crippen MR) is 123 cm³/mol. The van der Waals surface area contributed by atoms with Crippen LogP contribution < -0.4 is 9.47 Å². The Morgan fingerprint density at radius 2 is 1.31 bits per heavy atom. The van der Waals surface area contributed by atoms with Gasteiger partial charge in [0.25, 0.3) is 0 Å². The first-order valence-corrected chi connectivity index (χ1v) is 10.9. The second-order valence-electron chi connectivity index (χ2n) is 8.10. The van der Waals surface area contributed by atoms with Crippen LogP contribution >= 0.6 is 0 Å². The molecule has 1 aliphatic heterocycles. The van der Waals surface area contributed by atoms with Crippen LogP contribution in [0.4, 0.5) is 0 Å². The summed E-state index contributed by atoms with van der Waals surface area (Å²) in [6, 6.07) is 25.9. The maximum Gasteiger partial charge on any atom is 0.143 e. The molecule has 3 aromatic carbocycles. The Morgan fingerprint density at radius 3 is 1.75 bits per heavy atom. The van der Waals surface area contributed by atoms with E-state index < -0.39 is 11.7 Å². The van der Waals surface area contributed by atoms with Crippen molar-refractivity contribution >= 4 is 0 Å². The van der Waals surface area contributed by atoms with E-state index in [0.29, 0.717) is 6.42 Å². The molecule has 1 saturated heterocycles. The molecule has 5 nitrogen and oxygen atoms in total. The first kappa shape index (κ1) is 22.3. The summed E-state index contributed by atoms with van der Waals surface area (Å²) in [5.74, 6) is 1.54. The average molecular weight is 435 g/mol. The highest BCUT2D eigenvalue weighted by atomic mass is 16.6. The number of rotatable bonds is 8. The van der Waals surface area contributed by atoms with Gasteiger partial charge in [0.15, 0.2) is 0 Å². The lowest BCUT2D eigenvalue weighted by Crippen LogP contribution is -2.38. The zero-order valence-corrected chi connectivity index (χ0v) is 18.7. The first-order chi connectivity index (χ1) is 15.6. The van der Waals surface area contributed by atoms with Gasteiger partial charge < -0.3 is 24.1 Å². The van der Waals surface area contributed by atoms with Crippen molar-refractivity contribution < 1.29 is 24.1 Å². The topological polar surface area (TPSA) is 57.2 Å². The molecule has 0 unspecified atom stereocenters. The van der Waals surface area contributed by atoms with Crippen molar-refractivity contribution in [2.24, 2.45) is 0 Å². The molecule has 0 aromatic heterocycles. The fraction of sp³-hybridized carbons (Fsp3) is 0.333. The summed E-state index contributed by atoms with van der Waals surface area (Å²) >= 11 is 0. The maximum atomic E-state index is 10.5. The molecule has 3 aromatic rings. The van der Waals surface area contributed by atoms with Gasteiger partial charge in [-0.05, 0) is 47.9 Å².